The van der Waals surface area contributed by atoms with Crippen molar-refractivity contribution < 1.29 is 13.2 Å². The van der Waals surface area contributed by atoms with Crippen molar-refractivity contribution in [2.45, 2.75) is 4.90 Å². The number of benzene rings is 2. The molecule has 7 nitrogen and oxygen atoms in total. The van der Waals surface area contributed by atoms with E-state index in [4.69, 9.17) is 0 Å². The number of thiophene rings is 1. The molecule has 0 spiro atoms. The van der Waals surface area contributed by atoms with Crippen molar-refractivity contribution in [2.24, 2.45) is 0 Å². The van der Waals surface area contributed by atoms with Gasteiger partial charge >= 0.3 is 0 Å². The van der Waals surface area contributed by atoms with Gasteiger partial charge in [-0.1, -0.05) is 35.6 Å². The highest BCUT2D eigenvalue weighted by Gasteiger charge is 2.16. The molecule has 2 N–H and O–H groups in total. The Morgan fingerprint density at radius 1 is 0.966 bits per heavy atom. The van der Waals surface area contributed by atoms with E-state index in [0.29, 0.717) is 15.7 Å². The lowest BCUT2D eigenvalue weighted by Gasteiger charge is -2.09. The maximum absolute atomic E-state index is 12.6. The Balaban J connectivity index is 1.49. The normalized spacial score (nSPS) is 11.2. The highest BCUT2D eigenvalue weighted by Crippen LogP contribution is 2.28. The maximum atomic E-state index is 12.6. The van der Waals surface area contributed by atoms with Crippen molar-refractivity contribution in [3.8, 4) is 10.6 Å². The van der Waals surface area contributed by atoms with E-state index >= 15 is 0 Å². The fourth-order valence-electron chi connectivity index (χ4n) is 2.48. The van der Waals surface area contributed by atoms with Crippen LogP contribution in [0, 0.1) is 0 Å². The fraction of sp³-hybridized carbons (Fsp3) is 0. The second-order valence-corrected chi connectivity index (χ2v) is 9.32. The van der Waals surface area contributed by atoms with Gasteiger partial charge in [-0.25, -0.2) is 8.42 Å². The minimum atomic E-state index is -3.74. The molecule has 0 unspecified atom stereocenters. The van der Waals surface area contributed by atoms with E-state index in [1.54, 1.807) is 47.7 Å². The number of hydrogen-bond acceptors (Lipinski definition) is 7. The maximum Gasteiger partial charge on any atom is 0.261 e. The lowest BCUT2D eigenvalue weighted by Crippen LogP contribution is -2.15. The third-order valence-corrected chi connectivity index (χ3v) is 6.81. The van der Waals surface area contributed by atoms with Gasteiger partial charge in [-0.05, 0) is 41.8 Å². The van der Waals surface area contributed by atoms with Gasteiger partial charge in [-0.15, -0.1) is 10.2 Å². The van der Waals surface area contributed by atoms with E-state index in [9.17, 15) is 13.2 Å². The number of hydrogen-bond donors (Lipinski definition) is 2. The van der Waals surface area contributed by atoms with Gasteiger partial charge in [0.25, 0.3) is 15.9 Å². The second kappa shape index (κ2) is 8.11. The molecule has 2 aromatic heterocycles. The zero-order valence-corrected chi connectivity index (χ0v) is 17.2. The first-order chi connectivity index (χ1) is 14.0. The van der Waals surface area contributed by atoms with Crippen LogP contribution in [0.5, 0.6) is 0 Å². The summed E-state index contributed by atoms with van der Waals surface area (Å²) >= 11 is 2.82. The van der Waals surface area contributed by atoms with Gasteiger partial charge in [0.05, 0.1) is 4.90 Å². The molecule has 0 saturated heterocycles. The first kappa shape index (κ1) is 19.2. The molecule has 0 bridgehead atoms. The van der Waals surface area contributed by atoms with Gasteiger partial charge in [0.2, 0.25) is 5.13 Å². The summed E-state index contributed by atoms with van der Waals surface area (Å²) in [6.07, 6.45) is 0. The summed E-state index contributed by atoms with van der Waals surface area (Å²) in [5, 5.41) is 15.7. The molecule has 10 heteroatoms. The predicted molar refractivity (Wildman–Crippen MR) is 115 cm³/mol. The Morgan fingerprint density at radius 2 is 1.79 bits per heavy atom. The second-order valence-electron chi connectivity index (χ2n) is 5.88. The minimum Gasteiger partial charge on any atom is -0.296 e. The van der Waals surface area contributed by atoms with E-state index in [1.165, 1.54) is 29.5 Å². The summed E-state index contributed by atoms with van der Waals surface area (Å²) in [7, 11) is -3.74. The summed E-state index contributed by atoms with van der Waals surface area (Å²) in [5.41, 5.74) is 1.54. The number of carbonyl (C=O) groups excluding carboxylic acids is 1. The number of amides is 1. The van der Waals surface area contributed by atoms with E-state index < -0.39 is 15.9 Å². The lowest BCUT2D eigenvalue weighted by atomic mass is 10.2. The van der Waals surface area contributed by atoms with Crippen LogP contribution in [0.1, 0.15) is 10.4 Å². The zero-order valence-electron chi connectivity index (χ0n) is 14.8. The Bertz CT molecular complexity index is 1240. The number of nitrogens with zero attached hydrogens (tertiary/aromatic N) is 2. The Labute approximate surface area is 175 Å². The smallest absolute Gasteiger partial charge is 0.261 e. The van der Waals surface area contributed by atoms with E-state index in [0.717, 1.165) is 5.56 Å². The fourth-order valence-corrected chi connectivity index (χ4v) is 5.00. The number of aromatic nitrogens is 2. The van der Waals surface area contributed by atoms with Gasteiger partial charge < -0.3 is 0 Å². The monoisotopic (exact) mass is 442 g/mol. The molecule has 2 heterocycles. The summed E-state index contributed by atoms with van der Waals surface area (Å²) < 4.78 is 27.4. The van der Waals surface area contributed by atoms with Crippen LogP contribution in [0.25, 0.3) is 10.6 Å². The molecule has 0 radical (unpaired) electrons. The highest BCUT2D eigenvalue weighted by molar-refractivity contribution is 7.92. The van der Waals surface area contributed by atoms with E-state index in [2.05, 4.69) is 20.2 Å². The highest BCUT2D eigenvalue weighted by atomic mass is 32.2. The summed E-state index contributed by atoms with van der Waals surface area (Å²) in [6, 6.07) is 16.2. The van der Waals surface area contributed by atoms with Gasteiger partial charge in [0, 0.05) is 22.2 Å². The van der Waals surface area contributed by atoms with Crippen molar-refractivity contribution in [1.29, 1.82) is 0 Å². The number of rotatable bonds is 6. The van der Waals surface area contributed by atoms with Crippen LogP contribution in [0.3, 0.4) is 0 Å². The van der Waals surface area contributed by atoms with Crippen LogP contribution in [0.4, 0.5) is 10.8 Å². The van der Waals surface area contributed by atoms with Crippen molar-refractivity contribution in [2.75, 3.05) is 10.0 Å². The molecule has 29 heavy (non-hydrogen) atoms. The number of nitrogens with one attached hydrogen (secondary N) is 2. The Hall–Kier alpha value is -3.08. The molecular formula is C19H14N4O3S3. The first-order valence-corrected chi connectivity index (χ1v) is 11.6. The van der Waals surface area contributed by atoms with Crippen LogP contribution < -0.4 is 10.0 Å². The quantitative estimate of drug-likeness (QED) is 0.463. The molecule has 146 valence electrons. The molecule has 2 aromatic carbocycles. The molecule has 0 atom stereocenters. The largest absolute Gasteiger partial charge is 0.296 e. The van der Waals surface area contributed by atoms with Crippen LogP contribution in [0.2, 0.25) is 0 Å². The molecule has 0 fully saturated rings. The topological polar surface area (TPSA) is 101 Å². The van der Waals surface area contributed by atoms with Crippen molar-refractivity contribution in [3.05, 3.63) is 77.0 Å². The molecule has 1 amide bonds. The number of carbonyl (C=O) groups is 1. The molecule has 4 rings (SSSR count). The van der Waals surface area contributed by atoms with Crippen LogP contribution in [0.15, 0.2) is 76.3 Å². The molecule has 0 aliphatic rings. The minimum absolute atomic E-state index is 0.143. The summed E-state index contributed by atoms with van der Waals surface area (Å²) in [4.78, 5) is 12.7. The zero-order chi connectivity index (χ0) is 20.3. The van der Waals surface area contributed by atoms with E-state index in [-0.39, 0.29) is 10.6 Å². The molecule has 0 saturated carbocycles. The van der Waals surface area contributed by atoms with Crippen LogP contribution >= 0.6 is 22.7 Å². The predicted octanol–water partition coefficient (Wildman–Crippen LogP) is 4.32. The number of sulfonamides is 1. The van der Waals surface area contributed by atoms with Gasteiger partial charge in [-0.3, -0.25) is 14.8 Å². The average molecular weight is 443 g/mol. The summed E-state index contributed by atoms with van der Waals surface area (Å²) in [5.74, 6) is -0.404. The summed E-state index contributed by atoms with van der Waals surface area (Å²) in [6.45, 7) is 0. The lowest BCUT2D eigenvalue weighted by molar-refractivity contribution is 0.102. The van der Waals surface area contributed by atoms with Gasteiger partial charge in [0.1, 0.15) is 5.01 Å². The van der Waals surface area contributed by atoms with E-state index in [1.807, 2.05) is 16.8 Å². The third kappa shape index (κ3) is 4.50. The first-order valence-electron chi connectivity index (χ1n) is 8.37. The third-order valence-electron chi connectivity index (χ3n) is 3.84. The van der Waals surface area contributed by atoms with Gasteiger partial charge in [-0.2, -0.15) is 11.3 Å². The van der Waals surface area contributed by atoms with Gasteiger partial charge in [0.15, 0.2) is 0 Å². The SMILES string of the molecule is O=C(Nc1nnc(-c2ccsc2)s1)c1cccc(NS(=O)(=O)c2ccccc2)c1. The Morgan fingerprint density at radius 3 is 2.55 bits per heavy atom. The van der Waals surface area contributed by atoms with Crippen LogP contribution in [-0.4, -0.2) is 24.5 Å². The van der Waals surface area contributed by atoms with Crippen molar-refractivity contribution in [1.82, 2.24) is 10.2 Å². The van der Waals surface area contributed by atoms with Crippen molar-refractivity contribution in [3.63, 3.8) is 0 Å². The molecule has 4 aromatic rings. The molecular weight excluding hydrogens is 428 g/mol. The van der Waals surface area contributed by atoms with Crippen LogP contribution in [-0.2, 0) is 10.0 Å². The average Bonchev–Trinajstić information content (AvgIpc) is 3.40. The number of anilines is 2. The standard InChI is InChI=1S/C19H14N4O3S3/c24-17(20-19-22-21-18(28-19)14-9-10-27-12-14)13-5-4-6-15(11-13)23-29(25,26)16-7-2-1-3-8-16/h1-12,23H,(H,20,22,24). The Kier molecular flexibility index (Phi) is 5.38. The van der Waals surface area contributed by atoms with Crippen molar-refractivity contribution >= 4 is 49.4 Å². The molecule has 0 aliphatic heterocycles. The molecule has 0 aliphatic carbocycles.